The van der Waals surface area contributed by atoms with Crippen molar-refractivity contribution in [2.24, 2.45) is 0 Å². The molecule has 0 unspecified atom stereocenters. The highest BCUT2D eigenvalue weighted by molar-refractivity contribution is 7.17. The van der Waals surface area contributed by atoms with Crippen molar-refractivity contribution in [2.45, 2.75) is 20.0 Å². The Hall–Kier alpha value is -1.20. The number of nitrogens with zero attached hydrogens (tertiary/aromatic N) is 1. The summed E-state index contributed by atoms with van der Waals surface area (Å²) in [7, 11) is 0. The molecule has 0 aliphatic heterocycles. The first-order chi connectivity index (χ1) is 7.31. The van der Waals surface area contributed by atoms with Crippen molar-refractivity contribution in [1.29, 1.82) is 0 Å². The highest BCUT2D eigenvalue weighted by atomic mass is 32.1. The Labute approximate surface area is 90.9 Å². The maximum absolute atomic E-state index is 11.6. The predicted octanol–water partition coefficient (Wildman–Crippen LogP) is 1.91. The quantitative estimate of drug-likeness (QED) is 0.807. The van der Waals surface area contributed by atoms with Gasteiger partial charge in [-0.3, -0.25) is 4.79 Å². The van der Waals surface area contributed by atoms with E-state index in [0.717, 1.165) is 11.9 Å². The number of fused-ring (bicyclic) bond motifs is 1. The summed E-state index contributed by atoms with van der Waals surface area (Å²) in [6.07, 6.45) is 0.963. The van der Waals surface area contributed by atoms with Crippen LogP contribution in [0.2, 0.25) is 0 Å². The summed E-state index contributed by atoms with van der Waals surface area (Å²) in [5.41, 5.74) is 0.670. The van der Waals surface area contributed by atoms with Crippen LogP contribution in [0.4, 0.5) is 0 Å². The highest BCUT2D eigenvalue weighted by Crippen LogP contribution is 2.13. The van der Waals surface area contributed by atoms with Gasteiger partial charge < -0.3 is 9.72 Å². The van der Waals surface area contributed by atoms with E-state index >= 15 is 0 Å². The van der Waals surface area contributed by atoms with E-state index in [1.54, 1.807) is 0 Å². The fourth-order valence-corrected chi connectivity index (χ4v) is 2.03. The second-order valence-corrected chi connectivity index (χ2v) is 4.12. The summed E-state index contributed by atoms with van der Waals surface area (Å²) in [6, 6.07) is 1.85. The Kier molecular flexibility index (Phi) is 3.13. The zero-order valence-corrected chi connectivity index (χ0v) is 9.26. The molecule has 0 radical (unpaired) electrons. The van der Waals surface area contributed by atoms with Crippen molar-refractivity contribution in [3.63, 3.8) is 0 Å². The summed E-state index contributed by atoms with van der Waals surface area (Å²) >= 11 is 1.40. The van der Waals surface area contributed by atoms with E-state index in [1.165, 1.54) is 11.3 Å². The predicted molar refractivity (Wildman–Crippen MR) is 60.2 cm³/mol. The molecule has 5 heteroatoms. The van der Waals surface area contributed by atoms with Gasteiger partial charge in [-0.05, 0) is 17.9 Å². The van der Waals surface area contributed by atoms with E-state index in [1.807, 2.05) is 18.4 Å². The van der Waals surface area contributed by atoms with Crippen LogP contribution < -0.4 is 5.56 Å². The number of nitrogens with one attached hydrogen (secondary N) is 1. The van der Waals surface area contributed by atoms with Crippen molar-refractivity contribution in [3.05, 3.63) is 27.6 Å². The van der Waals surface area contributed by atoms with Crippen LogP contribution in [-0.2, 0) is 11.3 Å². The number of aromatic amines is 1. The highest BCUT2D eigenvalue weighted by Gasteiger charge is 2.04. The Morgan fingerprint density at radius 2 is 2.47 bits per heavy atom. The molecule has 0 fully saturated rings. The van der Waals surface area contributed by atoms with Gasteiger partial charge in [-0.2, -0.15) is 0 Å². The molecule has 2 rings (SSSR count). The molecule has 0 aliphatic rings. The molecule has 0 aromatic carbocycles. The van der Waals surface area contributed by atoms with Crippen LogP contribution in [0.3, 0.4) is 0 Å². The number of rotatable bonds is 4. The van der Waals surface area contributed by atoms with Crippen LogP contribution in [-0.4, -0.2) is 16.6 Å². The van der Waals surface area contributed by atoms with Crippen LogP contribution in [0, 0.1) is 0 Å². The Morgan fingerprint density at radius 1 is 1.60 bits per heavy atom. The lowest BCUT2D eigenvalue weighted by Gasteiger charge is -2.01. The average molecular weight is 224 g/mol. The SMILES string of the molecule is CCCOCc1nc2ccsc2c(=O)[nH]1. The van der Waals surface area contributed by atoms with Gasteiger partial charge in [-0.1, -0.05) is 6.92 Å². The smallest absolute Gasteiger partial charge is 0.268 e. The van der Waals surface area contributed by atoms with Gasteiger partial charge in [-0.25, -0.2) is 4.98 Å². The van der Waals surface area contributed by atoms with E-state index in [4.69, 9.17) is 4.74 Å². The maximum atomic E-state index is 11.6. The summed E-state index contributed by atoms with van der Waals surface area (Å²) in [5, 5.41) is 1.86. The fraction of sp³-hybridized carbons (Fsp3) is 0.400. The number of aromatic nitrogens is 2. The molecular formula is C10H12N2O2S. The first-order valence-corrected chi connectivity index (χ1v) is 5.73. The van der Waals surface area contributed by atoms with E-state index in [9.17, 15) is 4.79 Å². The monoisotopic (exact) mass is 224 g/mol. The van der Waals surface area contributed by atoms with Crippen molar-refractivity contribution in [2.75, 3.05) is 6.61 Å². The third-order valence-corrected chi connectivity index (χ3v) is 2.85. The molecule has 0 saturated carbocycles. The van der Waals surface area contributed by atoms with Gasteiger partial charge in [0.15, 0.2) is 0 Å². The molecule has 80 valence electrons. The van der Waals surface area contributed by atoms with E-state index in [0.29, 0.717) is 23.7 Å². The minimum atomic E-state index is -0.0786. The van der Waals surface area contributed by atoms with Gasteiger partial charge in [0.05, 0.1) is 5.52 Å². The number of thiophene rings is 1. The molecule has 2 heterocycles. The van der Waals surface area contributed by atoms with Crippen LogP contribution in [0.15, 0.2) is 16.2 Å². The molecule has 15 heavy (non-hydrogen) atoms. The topological polar surface area (TPSA) is 55.0 Å². The molecule has 0 spiro atoms. The third-order valence-electron chi connectivity index (χ3n) is 1.95. The van der Waals surface area contributed by atoms with Crippen LogP contribution in [0.5, 0.6) is 0 Å². The molecule has 4 nitrogen and oxygen atoms in total. The molecule has 0 atom stereocenters. The summed E-state index contributed by atoms with van der Waals surface area (Å²) in [4.78, 5) is 18.6. The lowest BCUT2D eigenvalue weighted by molar-refractivity contribution is 0.116. The normalized spacial score (nSPS) is 11.0. The van der Waals surface area contributed by atoms with Crippen molar-refractivity contribution in [3.8, 4) is 0 Å². The second-order valence-electron chi connectivity index (χ2n) is 3.20. The average Bonchev–Trinajstić information content (AvgIpc) is 2.66. The van der Waals surface area contributed by atoms with E-state index in [-0.39, 0.29) is 5.56 Å². The largest absolute Gasteiger partial charge is 0.374 e. The van der Waals surface area contributed by atoms with Gasteiger partial charge >= 0.3 is 0 Å². The first-order valence-electron chi connectivity index (χ1n) is 4.85. The van der Waals surface area contributed by atoms with E-state index in [2.05, 4.69) is 9.97 Å². The summed E-state index contributed by atoms with van der Waals surface area (Å²) in [5.74, 6) is 0.597. The summed E-state index contributed by atoms with van der Waals surface area (Å²) in [6.45, 7) is 3.10. The zero-order chi connectivity index (χ0) is 10.7. The number of hydrogen-bond acceptors (Lipinski definition) is 4. The molecule has 1 N–H and O–H groups in total. The standard InChI is InChI=1S/C10H12N2O2S/c1-2-4-14-6-8-11-7-3-5-15-9(7)10(13)12-8/h3,5H,2,4,6H2,1H3,(H,11,12,13). The number of H-pyrrole nitrogens is 1. The van der Waals surface area contributed by atoms with Crippen LogP contribution >= 0.6 is 11.3 Å². The summed E-state index contributed by atoms with van der Waals surface area (Å²) < 4.78 is 6.00. The minimum absolute atomic E-state index is 0.0786. The first kappa shape index (κ1) is 10.3. The molecule has 2 aromatic heterocycles. The molecule has 0 aliphatic carbocycles. The Balaban J connectivity index is 2.25. The molecule has 0 bridgehead atoms. The lowest BCUT2D eigenvalue weighted by atomic mass is 10.4. The van der Waals surface area contributed by atoms with Crippen molar-refractivity contribution >= 4 is 21.6 Å². The second kappa shape index (κ2) is 4.55. The third kappa shape index (κ3) is 2.24. The Bertz CT molecular complexity index is 503. The van der Waals surface area contributed by atoms with Gasteiger partial charge in [-0.15, -0.1) is 11.3 Å². The van der Waals surface area contributed by atoms with Gasteiger partial charge in [0.1, 0.15) is 17.1 Å². The van der Waals surface area contributed by atoms with E-state index < -0.39 is 0 Å². The van der Waals surface area contributed by atoms with Crippen LogP contribution in [0.25, 0.3) is 10.2 Å². The zero-order valence-electron chi connectivity index (χ0n) is 8.45. The van der Waals surface area contributed by atoms with Crippen molar-refractivity contribution in [1.82, 2.24) is 9.97 Å². The number of hydrogen-bond donors (Lipinski definition) is 1. The minimum Gasteiger partial charge on any atom is -0.374 e. The van der Waals surface area contributed by atoms with Gasteiger partial charge in [0.25, 0.3) is 5.56 Å². The fourth-order valence-electron chi connectivity index (χ4n) is 1.30. The molecular weight excluding hydrogens is 212 g/mol. The number of ether oxygens (including phenoxy) is 1. The van der Waals surface area contributed by atoms with Crippen LogP contribution in [0.1, 0.15) is 19.2 Å². The molecule has 0 amide bonds. The molecule has 0 saturated heterocycles. The lowest BCUT2D eigenvalue weighted by Crippen LogP contribution is -2.11. The van der Waals surface area contributed by atoms with Gasteiger partial charge in [0, 0.05) is 6.61 Å². The Morgan fingerprint density at radius 3 is 3.27 bits per heavy atom. The maximum Gasteiger partial charge on any atom is 0.268 e. The van der Waals surface area contributed by atoms with Gasteiger partial charge in [0.2, 0.25) is 0 Å². The molecule has 2 aromatic rings. The van der Waals surface area contributed by atoms with Crippen molar-refractivity contribution < 1.29 is 4.74 Å².